The highest BCUT2D eigenvalue weighted by Crippen LogP contribution is 2.28. The minimum atomic E-state index is -0.377. The normalized spacial score (nSPS) is 16.4. The second-order valence-electron chi connectivity index (χ2n) is 6.79. The van der Waals surface area contributed by atoms with Gasteiger partial charge in [0.05, 0.1) is 17.4 Å². The van der Waals surface area contributed by atoms with Gasteiger partial charge in [0.25, 0.3) is 5.91 Å². The van der Waals surface area contributed by atoms with Crippen LogP contribution in [0.15, 0.2) is 55.0 Å². The summed E-state index contributed by atoms with van der Waals surface area (Å²) in [6.07, 6.45) is 3.43. The van der Waals surface area contributed by atoms with Crippen molar-refractivity contribution in [2.75, 3.05) is 11.9 Å². The van der Waals surface area contributed by atoms with E-state index in [1.54, 1.807) is 18.5 Å². The first kappa shape index (κ1) is 17.1. The number of hydrogen-bond donors (Lipinski definition) is 2. The second kappa shape index (κ2) is 6.75. The maximum Gasteiger partial charge on any atom is 0.270 e. The Morgan fingerprint density at radius 3 is 3.00 bits per heavy atom. The first-order valence-corrected chi connectivity index (χ1v) is 8.84. The lowest BCUT2D eigenvalue weighted by Crippen LogP contribution is -2.41. The molecule has 0 saturated carbocycles. The average Bonchev–Trinajstić information content (AvgIpc) is 3.02. The monoisotopic (exact) mass is 363 g/mol. The third-order valence-electron chi connectivity index (χ3n) is 4.52. The number of nitrogens with zero attached hydrogens (tertiary/aromatic N) is 3. The molecule has 1 aliphatic heterocycles. The van der Waals surface area contributed by atoms with E-state index in [0.717, 1.165) is 22.3 Å². The molecule has 0 aliphatic carbocycles. The van der Waals surface area contributed by atoms with E-state index in [0.29, 0.717) is 18.0 Å². The fourth-order valence-corrected chi connectivity index (χ4v) is 3.07. The number of nitrogens with one attached hydrogen (secondary N) is 2. The highest BCUT2D eigenvalue weighted by molar-refractivity contribution is 5.96. The van der Waals surface area contributed by atoms with Crippen LogP contribution in [0.2, 0.25) is 0 Å². The summed E-state index contributed by atoms with van der Waals surface area (Å²) in [6, 6.07) is 9.18. The van der Waals surface area contributed by atoms with Crippen molar-refractivity contribution >= 4 is 22.5 Å². The van der Waals surface area contributed by atoms with Crippen molar-refractivity contribution in [3.63, 3.8) is 0 Å². The van der Waals surface area contributed by atoms with E-state index in [1.807, 2.05) is 42.8 Å². The van der Waals surface area contributed by atoms with E-state index in [2.05, 4.69) is 27.3 Å². The summed E-state index contributed by atoms with van der Waals surface area (Å²) in [5.41, 5.74) is 2.72. The molecule has 1 aromatic carbocycles. The van der Waals surface area contributed by atoms with E-state index >= 15 is 0 Å². The van der Waals surface area contributed by atoms with Crippen LogP contribution in [0.5, 0.6) is 5.75 Å². The molecule has 1 aliphatic rings. The highest BCUT2D eigenvalue weighted by Gasteiger charge is 2.23. The SMILES string of the molecule is C=C1Nc2ccccc2OC[C@@H]1NC(=O)c1cc2c(cn1)cnn2C(C)C. The van der Waals surface area contributed by atoms with Gasteiger partial charge in [0.2, 0.25) is 0 Å². The van der Waals surface area contributed by atoms with Crippen LogP contribution < -0.4 is 15.4 Å². The lowest BCUT2D eigenvalue weighted by Gasteiger charge is -2.18. The first-order valence-electron chi connectivity index (χ1n) is 8.84. The number of ether oxygens (including phenoxy) is 1. The van der Waals surface area contributed by atoms with Crippen molar-refractivity contribution in [2.45, 2.75) is 25.9 Å². The summed E-state index contributed by atoms with van der Waals surface area (Å²) < 4.78 is 7.68. The molecule has 3 heterocycles. The predicted octanol–water partition coefficient (Wildman–Crippen LogP) is 3.13. The molecule has 7 nitrogen and oxygen atoms in total. The van der Waals surface area contributed by atoms with Crippen molar-refractivity contribution in [3.05, 3.63) is 60.7 Å². The molecule has 0 unspecified atom stereocenters. The van der Waals surface area contributed by atoms with Gasteiger partial charge in [-0.15, -0.1) is 0 Å². The molecule has 138 valence electrons. The smallest absolute Gasteiger partial charge is 0.270 e. The molecular weight excluding hydrogens is 342 g/mol. The van der Waals surface area contributed by atoms with Crippen molar-refractivity contribution in [2.24, 2.45) is 0 Å². The molecule has 0 saturated heterocycles. The molecule has 1 amide bonds. The Balaban J connectivity index is 1.55. The quantitative estimate of drug-likeness (QED) is 0.747. The molecule has 27 heavy (non-hydrogen) atoms. The zero-order valence-corrected chi connectivity index (χ0v) is 15.3. The van der Waals surface area contributed by atoms with Crippen LogP contribution in [-0.2, 0) is 0 Å². The van der Waals surface area contributed by atoms with Crippen LogP contribution in [0.4, 0.5) is 5.69 Å². The zero-order valence-electron chi connectivity index (χ0n) is 15.3. The molecule has 0 bridgehead atoms. The number of pyridine rings is 1. The Morgan fingerprint density at radius 2 is 2.19 bits per heavy atom. The largest absolute Gasteiger partial charge is 0.489 e. The Hall–Kier alpha value is -3.35. The van der Waals surface area contributed by atoms with E-state index in [1.165, 1.54) is 0 Å². The fraction of sp³-hybridized carbons (Fsp3) is 0.250. The van der Waals surface area contributed by atoms with Gasteiger partial charge in [-0.2, -0.15) is 5.10 Å². The van der Waals surface area contributed by atoms with Crippen molar-refractivity contribution < 1.29 is 9.53 Å². The van der Waals surface area contributed by atoms with Crippen LogP contribution in [0.25, 0.3) is 10.9 Å². The maximum absolute atomic E-state index is 12.8. The number of aromatic nitrogens is 3. The summed E-state index contributed by atoms with van der Waals surface area (Å²) in [5, 5.41) is 11.4. The first-order chi connectivity index (χ1) is 13.0. The third-order valence-corrected chi connectivity index (χ3v) is 4.52. The second-order valence-corrected chi connectivity index (χ2v) is 6.79. The lowest BCUT2D eigenvalue weighted by atomic mass is 10.2. The summed E-state index contributed by atoms with van der Waals surface area (Å²) in [7, 11) is 0. The Bertz CT molecular complexity index is 1020. The highest BCUT2D eigenvalue weighted by atomic mass is 16.5. The molecule has 2 aromatic heterocycles. The predicted molar refractivity (Wildman–Crippen MR) is 104 cm³/mol. The van der Waals surface area contributed by atoms with Gasteiger partial charge in [0.15, 0.2) is 0 Å². The number of carbonyl (C=O) groups is 1. The van der Waals surface area contributed by atoms with Crippen LogP contribution in [0.3, 0.4) is 0 Å². The summed E-state index contributed by atoms with van der Waals surface area (Å²) >= 11 is 0. The van der Waals surface area contributed by atoms with Gasteiger partial charge in [-0.05, 0) is 32.0 Å². The van der Waals surface area contributed by atoms with Gasteiger partial charge >= 0.3 is 0 Å². The molecule has 2 N–H and O–H groups in total. The number of carbonyl (C=O) groups excluding carboxylic acids is 1. The molecule has 0 spiro atoms. The minimum Gasteiger partial charge on any atom is -0.489 e. The van der Waals surface area contributed by atoms with Crippen LogP contribution in [-0.4, -0.2) is 33.3 Å². The molecule has 4 rings (SSSR count). The van der Waals surface area contributed by atoms with Crippen LogP contribution in [0, 0.1) is 0 Å². The molecule has 7 heteroatoms. The van der Waals surface area contributed by atoms with E-state index in [-0.39, 0.29) is 18.0 Å². The number of fused-ring (bicyclic) bond motifs is 2. The van der Waals surface area contributed by atoms with E-state index in [4.69, 9.17) is 4.74 Å². The lowest BCUT2D eigenvalue weighted by molar-refractivity contribution is 0.0927. The van der Waals surface area contributed by atoms with Crippen molar-refractivity contribution in [3.8, 4) is 5.75 Å². The minimum absolute atomic E-state index is 0.193. The standard InChI is InChI=1S/C20H21N5O2/c1-12(2)25-18-8-16(21-9-14(18)10-22-25)20(26)24-17-11-27-19-7-5-4-6-15(19)23-13(17)3/h4-10,12,17,23H,3,11H2,1-2H3,(H,24,26)/t17-/m0/s1. The van der Waals surface area contributed by atoms with E-state index < -0.39 is 0 Å². The average molecular weight is 363 g/mol. The van der Waals surface area contributed by atoms with Gasteiger partial charge in [-0.3, -0.25) is 14.5 Å². The summed E-state index contributed by atoms with van der Waals surface area (Å²) in [5.74, 6) is 0.451. The topological polar surface area (TPSA) is 81.1 Å². The van der Waals surface area contributed by atoms with Gasteiger partial charge < -0.3 is 15.4 Å². The fourth-order valence-electron chi connectivity index (χ4n) is 3.07. The van der Waals surface area contributed by atoms with Gasteiger partial charge in [-0.25, -0.2) is 0 Å². The number of benzene rings is 1. The van der Waals surface area contributed by atoms with Gasteiger partial charge in [0.1, 0.15) is 24.1 Å². The molecule has 1 atom stereocenters. The molecule has 0 radical (unpaired) electrons. The zero-order chi connectivity index (χ0) is 19.0. The summed E-state index contributed by atoms with van der Waals surface area (Å²) in [6.45, 7) is 8.42. The Kier molecular flexibility index (Phi) is 4.27. The van der Waals surface area contributed by atoms with Crippen LogP contribution in [0.1, 0.15) is 30.4 Å². The maximum atomic E-state index is 12.8. The van der Waals surface area contributed by atoms with Gasteiger partial charge in [-0.1, -0.05) is 18.7 Å². The van der Waals surface area contributed by atoms with Crippen molar-refractivity contribution in [1.82, 2.24) is 20.1 Å². The van der Waals surface area contributed by atoms with Crippen molar-refractivity contribution in [1.29, 1.82) is 0 Å². The van der Waals surface area contributed by atoms with Crippen LogP contribution >= 0.6 is 0 Å². The Labute approximate surface area is 157 Å². The van der Waals surface area contributed by atoms with Gasteiger partial charge in [0, 0.05) is 23.3 Å². The number of amides is 1. The third kappa shape index (κ3) is 3.23. The molecule has 0 fully saturated rings. The van der Waals surface area contributed by atoms with E-state index in [9.17, 15) is 4.79 Å². The number of anilines is 1. The number of rotatable bonds is 3. The molecule has 3 aromatic rings. The number of hydrogen-bond acceptors (Lipinski definition) is 5. The Morgan fingerprint density at radius 1 is 1.37 bits per heavy atom. The number of para-hydroxylation sites is 2. The molecular formula is C20H21N5O2. The summed E-state index contributed by atoms with van der Waals surface area (Å²) in [4.78, 5) is 17.0.